The Balaban J connectivity index is 1.93. The second-order valence-electron chi connectivity index (χ2n) is 4.48. The molecule has 0 spiro atoms. The van der Waals surface area contributed by atoms with Crippen molar-refractivity contribution >= 4 is 28.1 Å². The number of rotatable bonds is 2. The van der Waals surface area contributed by atoms with E-state index in [2.05, 4.69) is 10.3 Å². The lowest BCUT2D eigenvalue weighted by Crippen LogP contribution is -2.12. The molecule has 2 aromatic carbocycles. The summed E-state index contributed by atoms with van der Waals surface area (Å²) in [5.41, 5.74) is 7.57. The number of nitrogens with two attached hydrogens (primary N) is 1. The van der Waals surface area contributed by atoms with Gasteiger partial charge in [-0.05, 0) is 41.8 Å². The van der Waals surface area contributed by atoms with Crippen LogP contribution in [0.2, 0.25) is 0 Å². The standard InChI is InChI=1S/C16H13N3O/c17-13-6-4-12(5-7-13)16(20)19-15-3-1-2-11-8-9-18-10-14(11)15/h1-10H,17H2,(H,19,20). The van der Waals surface area contributed by atoms with E-state index in [-0.39, 0.29) is 5.91 Å². The van der Waals surface area contributed by atoms with Crippen LogP contribution in [0.25, 0.3) is 10.8 Å². The third-order valence-corrected chi connectivity index (χ3v) is 3.10. The normalized spacial score (nSPS) is 10.4. The Morgan fingerprint density at radius 2 is 1.85 bits per heavy atom. The van der Waals surface area contributed by atoms with Crippen molar-refractivity contribution in [2.24, 2.45) is 0 Å². The fourth-order valence-corrected chi connectivity index (χ4v) is 2.05. The van der Waals surface area contributed by atoms with Crippen LogP contribution in [-0.4, -0.2) is 10.9 Å². The lowest BCUT2D eigenvalue weighted by atomic mass is 10.1. The predicted octanol–water partition coefficient (Wildman–Crippen LogP) is 3.07. The molecule has 20 heavy (non-hydrogen) atoms. The Morgan fingerprint density at radius 3 is 2.65 bits per heavy atom. The van der Waals surface area contributed by atoms with E-state index in [1.54, 1.807) is 36.7 Å². The summed E-state index contributed by atoms with van der Waals surface area (Å²) in [4.78, 5) is 16.3. The van der Waals surface area contributed by atoms with Gasteiger partial charge in [-0.15, -0.1) is 0 Å². The van der Waals surface area contributed by atoms with Crippen LogP contribution in [0.15, 0.2) is 60.9 Å². The van der Waals surface area contributed by atoms with Gasteiger partial charge in [-0.2, -0.15) is 0 Å². The first-order valence-electron chi connectivity index (χ1n) is 6.24. The average molecular weight is 263 g/mol. The molecule has 4 nitrogen and oxygen atoms in total. The lowest BCUT2D eigenvalue weighted by molar-refractivity contribution is 0.102. The minimum atomic E-state index is -0.165. The number of fused-ring (bicyclic) bond motifs is 1. The van der Waals surface area contributed by atoms with Gasteiger partial charge in [0.05, 0.1) is 5.69 Å². The molecular weight excluding hydrogens is 250 g/mol. The number of aromatic nitrogens is 1. The summed E-state index contributed by atoms with van der Waals surface area (Å²) >= 11 is 0. The number of hydrogen-bond donors (Lipinski definition) is 2. The number of carbonyl (C=O) groups is 1. The maximum Gasteiger partial charge on any atom is 0.255 e. The molecule has 0 atom stereocenters. The highest BCUT2D eigenvalue weighted by molar-refractivity contribution is 6.09. The van der Waals surface area contributed by atoms with Crippen LogP contribution in [0.1, 0.15) is 10.4 Å². The van der Waals surface area contributed by atoms with Gasteiger partial charge in [-0.1, -0.05) is 12.1 Å². The number of carbonyl (C=O) groups excluding carboxylic acids is 1. The predicted molar refractivity (Wildman–Crippen MR) is 80.6 cm³/mol. The minimum absolute atomic E-state index is 0.165. The van der Waals surface area contributed by atoms with Gasteiger partial charge in [0.25, 0.3) is 5.91 Å². The van der Waals surface area contributed by atoms with Crippen LogP contribution in [-0.2, 0) is 0 Å². The van der Waals surface area contributed by atoms with Crippen molar-refractivity contribution in [2.45, 2.75) is 0 Å². The second-order valence-corrected chi connectivity index (χ2v) is 4.48. The van der Waals surface area contributed by atoms with Gasteiger partial charge in [0, 0.05) is 29.0 Å². The van der Waals surface area contributed by atoms with Crippen molar-refractivity contribution in [2.75, 3.05) is 11.1 Å². The summed E-state index contributed by atoms with van der Waals surface area (Å²) in [5, 5.41) is 4.85. The molecule has 0 saturated heterocycles. The van der Waals surface area contributed by atoms with Crippen LogP contribution in [0, 0.1) is 0 Å². The molecule has 98 valence electrons. The summed E-state index contributed by atoms with van der Waals surface area (Å²) in [7, 11) is 0. The third kappa shape index (κ3) is 2.31. The molecule has 0 unspecified atom stereocenters. The quantitative estimate of drug-likeness (QED) is 0.698. The highest BCUT2D eigenvalue weighted by Crippen LogP contribution is 2.22. The molecule has 0 bridgehead atoms. The Bertz CT molecular complexity index is 761. The summed E-state index contributed by atoms with van der Waals surface area (Å²) in [6.07, 6.45) is 3.47. The number of anilines is 2. The van der Waals surface area contributed by atoms with Gasteiger partial charge in [-0.3, -0.25) is 9.78 Å². The topological polar surface area (TPSA) is 68.0 Å². The first kappa shape index (κ1) is 12.2. The number of nitrogens with one attached hydrogen (secondary N) is 1. The van der Waals surface area contributed by atoms with E-state index in [0.717, 1.165) is 16.5 Å². The number of pyridine rings is 1. The van der Waals surface area contributed by atoms with E-state index in [9.17, 15) is 4.79 Å². The zero-order valence-corrected chi connectivity index (χ0v) is 10.7. The Morgan fingerprint density at radius 1 is 1.05 bits per heavy atom. The van der Waals surface area contributed by atoms with Gasteiger partial charge in [0.1, 0.15) is 0 Å². The first-order valence-corrected chi connectivity index (χ1v) is 6.24. The van der Waals surface area contributed by atoms with Gasteiger partial charge < -0.3 is 11.1 Å². The fraction of sp³-hybridized carbons (Fsp3) is 0. The monoisotopic (exact) mass is 263 g/mol. The minimum Gasteiger partial charge on any atom is -0.399 e. The highest BCUT2D eigenvalue weighted by atomic mass is 16.1. The Hall–Kier alpha value is -2.88. The molecule has 0 radical (unpaired) electrons. The average Bonchev–Trinajstić information content (AvgIpc) is 2.48. The second kappa shape index (κ2) is 5.01. The molecule has 1 heterocycles. The van der Waals surface area contributed by atoms with Gasteiger partial charge in [0.15, 0.2) is 0 Å². The SMILES string of the molecule is Nc1ccc(C(=O)Nc2cccc3ccncc23)cc1. The molecule has 0 aliphatic carbocycles. The van der Waals surface area contributed by atoms with Gasteiger partial charge in [-0.25, -0.2) is 0 Å². The van der Waals surface area contributed by atoms with Crippen LogP contribution < -0.4 is 11.1 Å². The zero-order valence-electron chi connectivity index (χ0n) is 10.7. The fourth-order valence-electron chi connectivity index (χ4n) is 2.05. The maximum absolute atomic E-state index is 12.2. The number of hydrogen-bond acceptors (Lipinski definition) is 3. The Labute approximate surface area is 116 Å². The number of nitrogen functional groups attached to an aromatic ring is 1. The van der Waals surface area contributed by atoms with Crippen LogP contribution in [0.3, 0.4) is 0 Å². The summed E-state index contributed by atoms with van der Waals surface area (Å²) in [5.74, 6) is -0.165. The summed E-state index contributed by atoms with van der Waals surface area (Å²) < 4.78 is 0. The number of amides is 1. The van der Waals surface area contributed by atoms with Crippen molar-refractivity contribution in [1.82, 2.24) is 4.98 Å². The van der Waals surface area contributed by atoms with E-state index >= 15 is 0 Å². The molecule has 3 aromatic rings. The van der Waals surface area contributed by atoms with Crippen molar-refractivity contribution in [3.63, 3.8) is 0 Å². The lowest BCUT2D eigenvalue weighted by Gasteiger charge is -2.08. The van der Waals surface area contributed by atoms with Crippen molar-refractivity contribution in [3.8, 4) is 0 Å². The molecular formula is C16H13N3O. The van der Waals surface area contributed by atoms with Crippen molar-refractivity contribution in [3.05, 3.63) is 66.5 Å². The molecule has 0 saturated carbocycles. The highest BCUT2D eigenvalue weighted by Gasteiger charge is 2.08. The van der Waals surface area contributed by atoms with Gasteiger partial charge >= 0.3 is 0 Å². The van der Waals surface area contributed by atoms with E-state index in [1.165, 1.54) is 0 Å². The van der Waals surface area contributed by atoms with E-state index < -0.39 is 0 Å². The van der Waals surface area contributed by atoms with E-state index in [1.807, 2.05) is 24.3 Å². The van der Waals surface area contributed by atoms with Crippen LogP contribution in [0.4, 0.5) is 11.4 Å². The smallest absolute Gasteiger partial charge is 0.255 e. The van der Waals surface area contributed by atoms with Crippen molar-refractivity contribution < 1.29 is 4.79 Å². The number of nitrogens with zero attached hydrogens (tertiary/aromatic N) is 1. The van der Waals surface area contributed by atoms with Crippen molar-refractivity contribution in [1.29, 1.82) is 0 Å². The molecule has 0 fully saturated rings. The molecule has 3 rings (SSSR count). The molecule has 1 aromatic heterocycles. The Kier molecular flexibility index (Phi) is 3.05. The maximum atomic E-state index is 12.2. The molecule has 0 aliphatic rings. The summed E-state index contributed by atoms with van der Waals surface area (Å²) in [6, 6.07) is 14.5. The zero-order chi connectivity index (χ0) is 13.9. The molecule has 1 amide bonds. The van der Waals surface area contributed by atoms with E-state index in [0.29, 0.717) is 11.3 Å². The van der Waals surface area contributed by atoms with Crippen LogP contribution in [0.5, 0.6) is 0 Å². The van der Waals surface area contributed by atoms with Crippen LogP contribution >= 0.6 is 0 Å². The largest absolute Gasteiger partial charge is 0.399 e. The molecule has 0 aliphatic heterocycles. The first-order chi connectivity index (χ1) is 9.74. The van der Waals surface area contributed by atoms with Gasteiger partial charge in [0.2, 0.25) is 0 Å². The number of benzene rings is 2. The summed E-state index contributed by atoms with van der Waals surface area (Å²) in [6.45, 7) is 0. The molecule has 4 heteroatoms. The third-order valence-electron chi connectivity index (χ3n) is 3.10. The van der Waals surface area contributed by atoms with E-state index in [4.69, 9.17) is 5.73 Å². The molecule has 3 N–H and O–H groups in total.